The van der Waals surface area contributed by atoms with Gasteiger partial charge in [0.05, 0.1) is 24.3 Å². The summed E-state index contributed by atoms with van der Waals surface area (Å²) in [6.07, 6.45) is 0. The smallest absolute Gasteiger partial charge is 0.335 e. The quantitative estimate of drug-likeness (QED) is 0.323. The second-order valence-corrected chi connectivity index (χ2v) is 7.74. The Morgan fingerprint density at radius 3 is 2.00 bits per heavy atom. The van der Waals surface area contributed by atoms with Gasteiger partial charge in [0.1, 0.15) is 11.5 Å². The molecule has 2 N–H and O–H groups in total. The molecule has 1 atom stereocenters. The number of aromatic carboxylic acids is 1. The first-order valence-corrected chi connectivity index (χ1v) is 10.2. The molecule has 166 valence electrons. The van der Waals surface area contributed by atoms with Crippen molar-refractivity contribution in [2.45, 2.75) is 6.04 Å². The Balaban J connectivity index is 1.90. The monoisotopic (exact) mass is 463 g/mol. The number of halogens is 1. The molecule has 0 aliphatic carbocycles. The zero-order valence-electron chi connectivity index (χ0n) is 17.4. The zero-order valence-corrected chi connectivity index (χ0v) is 18.1. The van der Waals surface area contributed by atoms with Crippen LogP contribution in [0.15, 0.2) is 78.4 Å². The molecule has 1 amide bonds. The van der Waals surface area contributed by atoms with Crippen LogP contribution in [0.2, 0.25) is 5.02 Å². The van der Waals surface area contributed by atoms with E-state index in [1.54, 1.807) is 48.5 Å². The van der Waals surface area contributed by atoms with Gasteiger partial charge in [-0.15, -0.1) is 0 Å². The largest absolute Gasteiger partial charge is 0.507 e. The highest BCUT2D eigenvalue weighted by Gasteiger charge is 2.47. The fraction of sp³-hybridized carbons (Fsp3) is 0.0800. The van der Waals surface area contributed by atoms with Crippen LogP contribution in [-0.2, 0) is 9.59 Å². The van der Waals surface area contributed by atoms with Crippen molar-refractivity contribution in [2.24, 2.45) is 0 Å². The van der Waals surface area contributed by atoms with Crippen LogP contribution in [0.3, 0.4) is 0 Å². The molecule has 0 bridgehead atoms. The number of carbonyl (C=O) groups excluding carboxylic acids is 2. The second kappa shape index (κ2) is 8.80. The van der Waals surface area contributed by atoms with E-state index in [2.05, 4.69) is 0 Å². The van der Waals surface area contributed by atoms with Gasteiger partial charge in [0.15, 0.2) is 0 Å². The molecule has 1 aliphatic heterocycles. The molecular weight excluding hydrogens is 446 g/mol. The fourth-order valence-electron chi connectivity index (χ4n) is 3.73. The number of nitrogens with zero attached hydrogens (tertiary/aromatic N) is 1. The highest BCUT2D eigenvalue weighted by atomic mass is 35.5. The van der Waals surface area contributed by atoms with Gasteiger partial charge in [-0.1, -0.05) is 23.7 Å². The molecule has 1 saturated heterocycles. The molecule has 1 fully saturated rings. The number of anilines is 1. The van der Waals surface area contributed by atoms with Crippen LogP contribution in [0.4, 0.5) is 5.69 Å². The first-order valence-electron chi connectivity index (χ1n) is 9.86. The number of benzene rings is 3. The summed E-state index contributed by atoms with van der Waals surface area (Å²) in [5.74, 6) is -2.56. The SMILES string of the molecule is COc1ccc([C@@H]2C(=C(O)c3ccc(Cl)cc3)C(=O)C(=O)N2c2ccc(C(=O)O)cc2)cc1. The Kier molecular flexibility index (Phi) is 5.89. The van der Waals surface area contributed by atoms with Crippen molar-refractivity contribution in [3.05, 3.63) is 100 Å². The molecule has 0 radical (unpaired) electrons. The predicted octanol–water partition coefficient (Wildman–Crippen LogP) is 4.67. The minimum atomic E-state index is -1.11. The Hall–Kier alpha value is -4.10. The number of hydrogen-bond acceptors (Lipinski definition) is 5. The van der Waals surface area contributed by atoms with Crippen LogP contribution in [-0.4, -0.2) is 35.0 Å². The maximum Gasteiger partial charge on any atom is 0.335 e. The van der Waals surface area contributed by atoms with Gasteiger partial charge < -0.3 is 14.9 Å². The van der Waals surface area contributed by atoms with E-state index in [4.69, 9.17) is 16.3 Å². The highest BCUT2D eigenvalue weighted by Crippen LogP contribution is 2.42. The molecule has 0 spiro atoms. The Bertz CT molecular complexity index is 1260. The van der Waals surface area contributed by atoms with Crippen LogP contribution in [0.25, 0.3) is 5.76 Å². The van der Waals surface area contributed by atoms with E-state index in [1.165, 1.54) is 36.3 Å². The molecule has 0 saturated carbocycles. The minimum absolute atomic E-state index is 0.0393. The van der Waals surface area contributed by atoms with Gasteiger partial charge in [-0.05, 0) is 66.2 Å². The standard InChI is InChI=1S/C25H18ClNO6/c1-33-19-12-6-14(7-13-19)21-20(22(28)15-2-8-17(26)9-3-15)23(29)24(30)27(21)18-10-4-16(5-11-18)25(31)32/h2-13,21,28H,1H3,(H,31,32)/t21-/m1/s1. The molecule has 1 aliphatic rings. The first kappa shape index (κ1) is 22.1. The number of hydrogen-bond donors (Lipinski definition) is 2. The lowest BCUT2D eigenvalue weighted by atomic mass is 9.95. The Morgan fingerprint density at radius 1 is 0.879 bits per heavy atom. The number of aliphatic hydroxyl groups excluding tert-OH is 1. The van der Waals surface area contributed by atoms with Crippen molar-refractivity contribution < 1.29 is 29.3 Å². The second-order valence-electron chi connectivity index (χ2n) is 7.30. The topological polar surface area (TPSA) is 104 Å². The number of Topliss-reactive ketones (excluding diaryl/α,β-unsaturated/α-hetero) is 1. The van der Waals surface area contributed by atoms with Gasteiger partial charge in [-0.25, -0.2) is 4.79 Å². The average Bonchev–Trinajstić information content (AvgIpc) is 3.09. The van der Waals surface area contributed by atoms with E-state index in [1.807, 2.05) is 0 Å². The number of aliphatic hydroxyl groups is 1. The predicted molar refractivity (Wildman–Crippen MR) is 123 cm³/mol. The lowest BCUT2D eigenvalue weighted by molar-refractivity contribution is -0.132. The maximum absolute atomic E-state index is 13.1. The van der Waals surface area contributed by atoms with E-state index in [0.717, 1.165) is 0 Å². The maximum atomic E-state index is 13.1. The molecule has 1 heterocycles. The van der Waals surface area contributed by atoms with Crippen molar-refractivity contribution in [1.82, 2.24) is 0 Å². The van der Waals surface area contributed by atoms with Crippen molar-refractivity contribution >= 4 is 40.7 Å². The molecule has 3 aromatic carbocycles. The van der Waals surface area contributed by atoms with Crippen LogP contribution < -0.4 is 9.64 Å². The molecule has 8 heteroatoms. The highest BCUT2D eigenvalue weighted by molar-refractivity contribution is 6.51. The summed E-state index contributed by atoms with van der Waals surface area (Å²) in [7, 11) is 1.52. The van der Waals surface area contributed by atoms with Crippen LogP contribution in [0, 0.1) is 0 Å². The van der Waals surface area contributed by atoms with Crippen molar-refractivity contribution in [3.63, 3.8) is 0 Å². The van der Waals surface area contributed by atoms with Gasteiger partial charge in [0.2, 0.25) is 0 Å². The summed E-state index contributed by atoms with van der Waals surface area (Å²) in [6.45, 7) is 0. The van der Waals surface area contributed by atoms with Crippen molar-refractivity contribution in [1.29, 1.82) is 0 Å². The van der Waals surface area contributed by atoms with Crippen molar-refractivity contribution in [3.8, 4) is 5.75 Å². The molecule has 33 heavy (non-hydrogen) atoms. The molecule has 7 nitrogen and oxygen atoms in total. The summed E-state index contributed by atoms with van der Waals surface area (Å²) in [4.78, 5) is 38.7. The number of ether oxygens (including phenoxy) is 1. The summed E-state index contributed by atoms with van der Waals surface area (Å²) in [5.41, 5.74) is 1.16. The van der Waals surface area contributed by atoms with Gasteiger partial charge in [0.25, 0.3) is 11.7 Å². The number of rotatable bonds is 5. The first-order chi connectivity index (χ1) is 15.8. The number of carboxylic acids is 1. The zero-order chi connectivity index (χ0) is 23.7. The third kappa shape index (κ3) is 4.06. The number of carbonyl (C=O) groups is 3. The van der Waals surface area contributed by atoms with Crippen LogP contribution in [0.1, 0.15) is 27.5 Å². The Morgan fingerprint density at radius 2 is 1.45 bits per heavy atom. The summed E-state index contributed by atoms with van der Waals surface area (Å²) >= 11 is 5.94. The van der Waals surface area contributed by atoms with Gasteiger partial charge >= 0.3 is 5.97 Å². The summed E-state index contributed by atoms with van der Waals surface area (Å²) in [5, 5.41) is 20.7. The van der Waals surface area contributed by atoms with Crippen LogP contribution in [0.5, 0.6) is 5.75 Å². The van der Waals surface area contributed by atoms with Gasteiger partial charge in [-0.2, -0.15) is 0 Å². The third-order valence-corrected chi connectivity index (χ3v) is 5.64. The lowest BCUT2D eigenvalue weighted by Gasteiger charge is -2.25. The average molecular weight is 464 g/mol. The molecule has 0 unspecified atom stereocenters. The number of carboxylic acid groups (broad SMARTS) is 1. The van der Waals surface area contributed by atoms with E-state index in [-0.39, 0.29) is 16.9 Å². The molecular formula is C25H18ClNO6. The Labute approximate surface area is 194 Å². The number of amides is 1. The van der Waals surface area contributed by atoms with Crippen molar-refractivity contribution in [2.75, 3.05) is 12.0 Å². The lowest BCUT2D eigenvalue weighted by Crippen LogP contribution is -2.29. The van der Waals surface area contributed by atoms with Gasteiger partial charge in [0, 0.05) is 16.3 Å². The normalized spacial score (nSPS) is 17.3. The van der Waals surface area contributed by atoms with E-state index < -0.39 is 23.7 Å². The van der Waals surface area contributed by atoms with E-state index in [9.17, 15) is 24.6 Å². The van der Waals surface area contributed by atoms with E-state index >= 15 is 0 Å². The fourth-order valence-corrected chi connectivity index (χ4v) is 3.85. The molecule has 3 aromatic rings. The summed E-state index contributed by atoms with van der Waals surface area (Å²) in [6, 6.07) is 17.7. The third-order valence-electron chi connectivity index (χ3n) is 5.39. The number of ketones is 1. The number of methoxy groups -OCH3 is 1. The van der Waals surface area contributed by atoms with Crippen LogP contribution >= 0.6 is 11.6 Å². The summed E-state index contributed by atoms with van der Waals surface area (Å²) < 4.78 is 5.20. The van der Waals surface area contributed by atoms with Gasteiger partial charge in [-0.3, -0.25) is 14.5 Å². The molecule has 4 rings (SSSR count). The molecule has 0 aromatic heterocycles. The minimum Gasteiger partial charge on any atom is -0.507 e. The van der Waals surface area contributed by atoms with E-state index in [0.29, 0.717) is 27.6 Å².